The number of benzene rings is 3. The summed E-state index contributed by atoms with van der Waals surface area (Å²) in [7, 11) is -7.79. The molecule has 464 valence electrons. The van der Waals surface area contributed by atoms with Crippen molar-refractivity contribution in [2.24, 2.45) is 0 Å². The molecular weight excluding hydrogens is 1170 g/mol. The predicted octanol–water partition coefficient (Wildman–Crippen LogP) is 9.59. The van der Waals surface area contributed by atoms with Gasteiger partial charge in [0.15, 0.2) is 34.7 Å². The van der Waals surface area contributed by atoms with Gasteiger partial charge in [0.1, 0.15) is 36.9 Å². The van der Waals surface area contributed by atoms with E-state index in [4.69, 9.17) is 36.0 Å². The Morgan fingerprint density at radius 2 is 0.881 bits per heavy atom. The molecule has 0 aliphatic carbocycles. The van der Waals surface area contributed by atoms with Crippen LogP contribution in [0.25, 0.3) is 0 Å². The molecule has 3 fully saturated rings. The van der Waals surface area contributed by atoms with Gasteiger partial charge in [-0.2, -0.15) is 0 Å². The molecule has 3 aliphatic heterocycles. The average molecular weight is 1280 g/mol. The third kappa shape index (κ3) is 25.8. The Labute approximate surface area is 513 Å². The SMILES string of the molecule is C=CCc1cc(C(C)(C)c2ccc(OCC3CO3)c(CC=C)c2)ccc1OCC1CO1.C=CCn1c(=O)n(CC=C)c(=O)n(CC2CO2)c1=O.C=C[Si](C)(C)O[Si](C)(C)C=C.C[SiH](C)O[Si](C)(C)O[SiH](C)C.C[SiH](C)c1ccc([SiH](C)C)cc1. The lowest BCUT2D eigenvalue weighted by Crippen LogP contribution is -2.54. The van der Waals surface area contributed by atoms with Crippen molar-refractivity contribution in [2.45, 2.75) is 162 Å². The minimum atomic E-state index is -1.71. The molecule has 3 aliphatic rings. The highest BCUT2D eigenvalue weighted by atomic mass is 28.5. The van der Waals surface area contributed by atoms with Gasteiger partial charge in [-0.25, -0.2) is 28.1 Å². The summed E-state index contributed by atoms with van der Waals surface area (Å²) in [6, 6.07) is 22.3. The third-order valence-electron chi connectivity index (χ3n) is 13.6. The fourth-order valence-electron chi connectivity index (χ4n) is 8.69. The molecule has 84 heavy (non-hydrogen) atoms. The summed E-state index contributed by atoms with van der Waals surface area (Å²) in [5.74, 6) is 1.82. The van der Waals surface area contributed by atoms with Crippen molar-refractivity contribution < 1.29 is 36.0 Å². The highest BCUT2D eigenvalue weighted by Gasteiger charge is 2.31. The molecule has 3 unspecified atom stereocenters. The predicted molar refractivity (Wildman–Crippen MR) is 370 cm³/mol. The lowest BCUT2D eigenvalue weighted by Gasteiger charge is -2.29. The topological polar surface area (TPSA) is 150 Å². The minimum absolute atomic E-state index is 0.0562. The summed E-state index contributed by atoms with van der Waals surface area (Å²) in [6.45, 7) is 61.7. The number of allylic oxidation sites excluding steroid dienone is 4. The van der Waals surface area contributed by atoms with Crippen LogP contribution in [-0.4, -0.2) is 126 Å². The van der Waals surface area contributed by atoms with E-state index in [9.17, 15) is 14.4 Å². The van der Waals surface area contributed by atoms with Gasteiger partial charge >= 0.3 is 25.6 Å². The van der Waals surface area contributed by atoms with Crippen molar-refractivity contribution in [3.63, 3.8) is 0 Å². The first-order valence-electron chi connectivity index (χ1n) is 29.6. The number of rotatable bonds is 28. The fraction of sp³-hybridized carbons (Fsp3) is 0.476. The van der Waals surface area contributed by atoms with Crippen LogP contribution in [0.5, 0.6) is 11.5 Å². The summed E-state index contributed by atoms with van der Waals surface area (Å²) in [6.07, 6.45) is 8.59. The minimum Gasteiger partial charge on any atom is -0.490 e. The van der Waals surface area contributed by atoms with Crippen molar-refractivity contribution >= 4 is 71.2 Å². The highest BCUT2D eigenvalue weighted by molar-refractivity contribution is 6.89. The Balaban J connectivity index is 0.000000299. The van der Waals surface area contributed by atoms with Crippen LogP contribution in [0.15, 0.2) is 150 Å². The largest absolute Gasteiger partial charge is 0.490 e. The van der Waals surface area contributed by atoms with Crippen LogP contribution >= 0.6 is 0 Å². The Kier molecular flexibility index (Phi) is 30.4. The van der Waals surface area contributed by atoms with Gasteiger partial charge in [0.25, 0.3) is 0 Å². The summed E-state index contributed by atoms with van der Waals surface area (Å²) >= 11 is 0. The van der Waals surface area contributed by atoms with E-state index in [2.05, 4.69) is 206 Å². The second kappa shape index (κ2) is 34.7. The Bertz CT molecular complexity index is 2770. The van der Waals surface area contributed by atoms with E-state index in [1.165, 1.54) is 23.3 Å². The molecule has 0 amide bonds. The monoisotopic (exact) mass is 1270 g/mol. The normalized spacial score (nSPS) is 16.1. The van der Waals surface area contributed by atoms with Gasteiger partial charge in [0.2, 0.25) is 0 Å². The van der Waals surface area contributed by atoms with E-state index in [0.29, 0.717) is 19.8 Å². The smallest absolute Gasteiger partial charge is 0.336 e. The van der Waals surface area contributed by atoms with Gasteiger partial charge in [-0.15, -0.1) is 39.5 Å². The van der Waals surface area contributed by atoms with Gasteiger partial charge in [0.05, 0.1) is 63.2 Å². The van der Waals surface area contributed by atoms with Crippen LogP contribution in [-0.2, 0) is 64.4 Å². The van der Waals surface area contributed by atoms with Crippen LogP contribution < -0.4 is 36.9 Å². The van der Waals surface area contributed by atoms with Crippen LogP contribution in [0.4, 0.5) is 0 Å². The standard InChI is InChI=1S/C27H32O4.C12H15N3O4.C10H18Si2.C8H18OSi2.C6H20O2Si3/c1-5-7-19-13-21(9-11-25(19)30-17-23-15-28-23)27(3,4)22-10-12-26(20(14-22)8-6-2)31-18-24-16-29-24;1-3-5-13-10(16)14(6-4-2)12(18)15(11(13)17)7-9-8-19-9;1-11(2)9-5-7-10(8-6-9)12(3)4;1-7-10(3,4)9-11(5,6)8-2;1-9(2)7-11(5,6)8-10(3)4/h5-6,9-14,23-24H,1-2,7-8,15-18H2,3-4H3;3-4,9H,1-2,5-8H2;5-8,11-12H,1-4H3;7-8H,1-2H2,3-6H3;9-10H,1-6H3. The van der Waals surface area contributed by atoms with E-state index in [0.717, 1.165) is 62.4 Å². The Morgan fingerprint density at radius 3 is 1.17 bits per heavy atom. The number of hydrogen-bond donors (Lipinski definition) is 0. The summed E-state index contributed by atoms with van der Waals surface area (Å²) in [5.41, 5.74) is 6.61. The number of epoxide rings is 3. The lowest BCUT2D eigenvalue weighted by molar-refractivity contribution is 0.261. The molecule has 3 aromatic carbocycles. The first kappa shape index (κ1) is 73.6. The second-order valence-corrected chi connectivity index (χ2v) is 47.3. The molecule has 4 aromatic rings. The van der Waals surface area contributed by atoms with Crippen molar-refractivity contribution in [1.82, 2.24) is 13.7 Å². The molecule has 4 heterocycles. The van der Waals surface area contributed by atoms with Gasteiger partial charge in [-0.05, 0) is 113 Å². The van der Waals surface area contributed by atoms with Crippen molar-refractivity contribution in [3.05, 3.63) is 190 Å². The zero-order valence-corrected chi connectivity index (χ0v) is 61.5. The summed E-state index contributed by atoms with van der Waals surface area (Å²) in [5, 5.41) is 3.18. The van der Waals surface area contributed by atoms with Gasteiger partial charge in [-0.1, -0.05) is 135 Å². The highest BCUT2D eigenvalue weighted by Crippen LogP contribution is 2.37. The molecule has 0 spiro atoms. The molecule has 3 atom stereocenters. The number of aromatic nitrogens is 3. The first-order valence-corrected chi connectivity index (χ1v) is 49.7. The quantitative estimate of drug-likeness (QED) is 0.0304. The maximum Gasteiger partial charge on any atom is 0.336 e. The van der Waals surface area contributed by atoms with E-state index < -0.39 is 77.9 Å². The molecule has 0 N–H and O–H groups in total. The van der Waals surface area contributed by atoms with E-state index >= 15 is 0 Å². The van der Waals surface area contributed by atoms with Gasteiger partial charge < -0.3 is 36.0 Å². The first-order chi connectivity index (χ1) is 39.4. The number of ether oxygens (including phenoxy) is 5. The third-order valence-corrected chi connectivity index (χ3v) is 31.5. The molecule has 21 heteroatoms. The number of nitrogens with zero attached hydrogens (tertiary/aromatic N) is 3. The van der Waals surface area contributed by atoms with E-state index in [1.54, 1.807) is 10.4 Å². The Morgan fingerprint density at radius 1 is 0.536 bits per heavy atom. The van der Waals surface area contributed by atoms with Crippen molar-refractivity contribution in [1.29, 1.82) is 0 Å². The van der Waals surface area contributed by atoms with Crippen molar-refractivity contribution in [3.8, 4) is 11.5 Å². The maximum atomic E-state index is 12.1. The van der Waals surface area contributed by atoms with Gasteiger partial charge in [0, 0.05) is 5.41 Å². The molecule has 0 saturated carbocycles. The molecule has 1 aromatic heterocycles. The van der Waals surface area contributed by atoms with Crippen LogP contribution in [0.2, 0.25) is 91.7 Å². The average Bonchev–Trinajstić information content (AvgIpc) is 4.03. The van der Waals surface area contributed by atoms with E-state index in [1.807, 2.05) is 23.6 Å². The summed E-state index contributed by atoms with van der Waals surface area (Å²) in [4.78, 5) is 36.2. The lowest BCUT2D eigenvalue weighted by atomic mass is 9.77. The molecular formula is C63H103N3O11Si7. The second-order valence-electron chi connectivity index (χ2n) is 24.4. The van der Waals surface area contributed by atoms with Crippen LogP contribution in [0, 0.1) is 0 Å². The molecule has 3 saturated heterocycles. The zero-order valence-electron chi connectivity index (χ0n) is 53.9. The molecule has 0 bridgehead atoms. The molecule has 7 rings (SSSR count). The summed E-state index contributed by atoms with van der Waals surface area (Å²) < 4.78 is 48.2. The Hall–Kier alpha value is -4.61. The van der Waals surface area contributed by atoms with Crippen LogP contribution in [0.3, 0.4) is 0 Å². The van der Waals surface area contributed by atoms with Crippen LogP contribution in [0.1, 0.15) is 36.1 Å². The zero-order chi connectivity index (χ0) is 63.2. The molecule has 0 radical (unpaired) electrons. The molecule has 14 nitrogen and oxygen atoms in total. The van der Waals surface area contributed by atoms with Gasteiger partial charge in [-0.3, -0.25) is 0 Å². The maximum absolute atomic E-state index is 12.1. The van der Waals surface area contributed by atoms with Crippen molar-refractivity contribution in [2.75, 3.05) is 33.0 Å². The fourth-order valence-corrected chi connectivity index (χ4v) is 26.5. The number of hydrogen-bond acceptors (Lipinski definition) is 11. The van der Waals surface area contributed by atoms with E-state index in [-0.39, 0.29) is 43.4 Å².